The minimum atomic E-state index is -3.61. The molecule has 2 rings (SSSR count). The van der Waals surface area contributed by atoms with Crippen LogP contribution in [0, 0.1) is 12.8 Å². The highest BCUT2D eigenvalue weighted by Crippen LogP contribution is 2.17. The first-order valence-electron chi connectivity index (χ1n) is 11.7. The third-order valence-corrected chi connectivity index (χ3v) is 7.64. The van der Waals surface area contributed by atoms with Gasteiger partial charge in [0.2, 0.25) is 21.8 Å². The van der Waals surface area contributed by atoms with Gasteiger partial charge in [0.15, 0.2) is 0 Å². The predicted octanol–water partition coefficient (Wildman–Crippen LogP) is 3.59. The molecule has 2 amide bonds. The molecule has 0 aliphatic rings. The second kappa shape index (κ2) is 12.7. The first-order valence-corrected chi connectivity index (χ1v) is 13.1. The fourth-order valence-corrected chi connectivity index (χ4v) is 4.73. The third-order valence-electron chi connectivity index (χ3n) is 5.77. The highest BCUT2D eigenvalue weighted by atomic mass is 32.2. The number of rotatable bonds is 12. The fourth-order valence-electron chi connectivity index (χ4n) is 3.50. The second-order valence-electron chi connectivity index (χ2n) is 9.01. The van der Waals surface area contributed by atoms with Crippen LogP contribution in [0.3, 0.4) is 0 Å². The summed E-state index contributed by atoms with van der Waals surface area (Å²) in [6.07, 6.45) is 0.494. The fraction of sp³-hybridized carbons (Fsp3) is 0.462. The maximum atomic E-state index is 13.2. The lowest BCUT2D eigenvalue weighted by atomic mass is 10.1. The van der Waals surface area contributed by atoms with Gasteiger partial charge in [-0.05, 0) is 49.4 Å². The van der Waals surface area contributed by atoms with Crippen LogP contribution in [0.2, 0.25) is 0 Å². The van der Waals surface area contributed by atoms with E-state index in [2.05, 4.69) is 5.32 Å². The quantitative estimate of drug-likeness (QED) is 0.496. The zero-order valence-corrected chi connectivity index (χ0v) is 21.6. The van der Waals surface area contributed by atoms with Gasteiger partial charge in [-0.25, -0.2) is 12.7 Å². The van der Waals surface area contributed by atoms with Gasteiger partial charge in [0.1, 0.15) is 6.04 Å². The number of carbonyl (C=O) groups is 2. The van der Waals surface area contributed by atoms with E-state index in [1.165, 1.54) is 11.4 Å². The van der Waals surface area contributed by atoms with Crippen LogP contribution >= 0.6 is 0 Å². The van der Waals surface area contributed by atoms with Gasteiger partial charge in [-0.1, -0.05) is 56.3 Å². The number of nitrogens with zero attached hydrogens (tertiary/aromatic N) is 2. The molecule has 0 bridgehead atoms. The predicted molar refractivity (Wildman–Crippen MR) is 135 cm³/mol. The summed E-state index contributed by atoms with van der Waals surface area (Å²) in [6, 6.07) is 15.4. The monoisotopic (exact) mass is 487 g/mol. The number of sulfonamides is 1. The molecular weight excluding hydrogens is 450 g/mol. The molecule has 8 heteroatoms. The molecule has 1 atom stereocenters. The van der Waals surface area contributed by atoms with Crippen molar-refractivity contribution >= 4 is 21.8 Å². The Bertz CT molecular complexity index is 1050. The van der Waals surface area contributed by atoms with Crippen molar-refractivity contribution in [2.75, 3.05) is 20.1 Å². The van der Waals surface area contributed by atoms with Crippen molar-refractivity contribution in [3.05, 3.63) is 65.7 Å². The van der Waals surface area contributed by atoms with Gasteiger partial charge in [0, 0.05) is 33.1 Å². The van der Waals surface area contributed by atoms with Crippen LogP contribution in [-0.4, -0.2) is 55.6 Å². The number of carbonyl (C=O) groups excluding carboxylic acids is 2. The molecule has 7 nitrogen and oxygen atoms in total. The number of aryl methyl sites for hydroxylation is 1. The highest BCUT2D eigenvalue weighted by molar-refractivity contribution is 7.89. The summed E-state index contributed by atoms with van der Waals surface area (Å²) in [6.45, 7) is 8.80. The number of nitrogens with one attached hydrogen (secondary N) is 1. The van der Waals surface area contributed by atoms with Gasteiger partial charge < -0.3 is 10.2 Å². The van der Waals surface area contributed by atoms with E-state index in [9.17, 15) is 18.0 Å². The molecule has 0 unspecified atom stereocenters. The molecule has 0 fully saturated rings. The molecule has 0 aliphatic heterocycles. The molecule has 1 N–H and O–H groups in total. The summed E-state index contributed by atoms with van der Waals surface area (Å²) in [4.78, 5) is 27.8. The van der Waals surface area contributed by atoms with Crippen LogP contribution in [-0.2, 0) is 26.2 Å². The normalized spacial score (nSPS) is 12.6. The highest BCUT2D eigenvalue weighted by Gasteiger charge is 2.27. The van der Waals surface area contributed by atoms with Gasteiger partial charge in [0.25, 0.3) is 0 Å². The lowest BCUT2D eigenvalue weighted by Crippen LogP contribution is -2.48. The summed E-state index contributed by atoms with van der Waals surface area (Å²) < 4.78 is 26.7. The smallest absolute Gasteiger partial charge is 0.242 e. The Morgan fingerprint density at radius 3 is 2.21 bits per heavy atom. The molecule has 0 saturated carbocycles. The van der Waals surface area contributed by atoms with Gasteiger partial charge in [-0.15, -0.1) is 0 Å². The van der Waals surface area contributed by atoms with Gasteiger partial charge >= 0.3 is 0 Å². The van der Waals surface area contributed by atoms with E-state index in [4.69, 9.17) is 0 Å². The maximum Gasteiger partial charge on any atom is 0.242 e. The Hall–Kier alpha value is -2.71. The molecule has 2 aromatic carbocycles. The van der Waals surface area contributed by atoms with Crippen LogP contribution in [0.1, 0.15) is 44.7 Å². The van der Waals surface area contributed by atoms with Crippen molar-refractivity contribution in [3.8, 4) is 0 Å². The topological polar surface area (TPSA) is 86.8 Å². The summed E-state index contributed by atoms with van der Waals surface area (Å²) in [7, 11) is -2.10. The van der Waals surface area contributed by atoms with Crippen LogP contribution in [0.15, 0.2) is 59.5 Å². The molecule has 0 heterocycles. The average Bonchev–Trinajstić information content (AvgIpc) is 2.81. The van der Waals surface area contributed by atoms with Crippen molar-refractivity contribution in [2.24, 2.45) is 5.92 Å². The lowest BCUT2D eigenvalue weighted by molar-refractivity contribution is -0.140. The lowest BCUT2D eigenvalue weighted by Gasteiger charge is -2.30. The minimum absolute atomic E-state index is 0.141. The molecule has 186 valence electrons. The van der Waals surface area contributed by atoms with E-state index >= 15 is 0 Å². The SMILES string of the molecule is Cc1ccccc1CN(C(=O)CCCN(C)S(=O)(=O)c1ccccc1)[C@H](C)C(=O)NCC(C)C. The van der Waals surface area contributed by atoms with E-state index in [0.717, 1.165) is 11.1 Å². The van der Waals surface area contributed by atoms with Crippen molar-refractivity contribution in [2.45, 2.75) is 58.0 Å². The summed E-state index contributed by atoms with van der Waals surface area (Å²) >= 11 is 0. The standard InChI is InChI=1S/C26H37N3O4S/c1-20(2)18-27-26(31)22(4)29(19-23-13-10-9-12-21(23)3)25(30)16-11-17-28(5)34(32,33)24-14-7-6-8-15-24/h6-10,12-15,20,22H,11,16-19H2,1-5H3,(H,27,31)/t22-/m1/s1. The molecule has 34 heavy (non-hydrogen) atoms. The van der Waals surface area contributed by atoms with E-state index in [0.29, 0.717) is 25.4 Å². The van der Waals surface area contributed by atoms with Gasteiger partial charge in [-0.3, -0.25) is 9.59 Å². The Kier molecular flexibility index (Phi) is 10.3. The van der Waals surface area contributed by atoms with E-state index in [1.54, 1.807) is 42.2 Å². The number of benzene rings is 2. The largest absolute Gasteiger partial charge is 0.354 e. The molecule has 2 aromatic rings. The van der Waals surface area contributed by atoms with Crippen molar-refractivity contribution < 1.29 is 18.0 Å². The van der Waals surface area contributed by atoms with Gasteiger partial charge in [-0.2, -0.15) is 0 Å². The van der Waals surface area contributed by atoms with Crippen molar-refractivity contribution in [1.82, 2.24) is 14.5 Å². The zero-order chi connectivity index (χ0) is 25.3. The molecule has 0 radical (unpaired) electrons. The molecule has 0 saturated heterocycles. The Balaban J connectivity index is 2.08. The Morgan fingerprint density at radius 2 is 1.59 bits per heavy atom. The minimum Gasteiger partial charge on any atom is -0.354 e. The van der Waals surface area contributed by atoms with E-state index < -0.39 is 16.1 Å². The second-order valence-corrected chi connectivity index (χ2v) is 11.1. The molecule has 0 aliphatic carbocycles. The van der Waals surface area contributed by atoms with Crippen molar-refractivity contribution in [1.29, 1.82) is 0 Å². The molecule has 0 aromatic heterocycles. The number of hydrogen-bond donors (Lipinski definition) is 1. The van der Waals surface area contributed by atoms with Crippen LogP contribution in [0.4, 0.5) is 0 Å². The summed E-state index contributed by atoms with van der Waals surface area (Å²) in [5.41, 5.74) is 2.02. The first-order chi connectivity index (χ1) is 16.0. The molecule has 0 spiro atoms. The first kappa shape index (κ1) is 27.5. The zero-order valence-electron chi connectivity index (χ0n) is 20.8. The summed E-state index contributed by atoms with van der Waals surface area (Å²) in [5, 5.41) is 2.91. The van der Waals surface area contributed by atoms with Crippen LogP contribution in [0.5, 0.6) is 0 Å². The Morgan fingerprint density at radius 1 is 0.971 bits per heavy atom. The maximum absolute atomic E-state index is 13.2. The third kappa shape index (κ3) is 7.67. The van der Waals surface area contributed by atoms with E-state index in [-0.39, 0.29) is 29.7 Å². The average molecular weight is 488 g/mol. The molecular formula is C26H37N3O4S. The summed E-state index contributed by atoms with van der Waals surface area (Å²) in [5.74, 6) is -0.0702. The van der Waals surface area contributed by atoms with Crippen LogP contribution in [0.25, 0.3) is 0 Å². The number of hydrogen-bond acceptors (Lipinski definition) is 4. The Labute approximate surface area is 204 Å². The van der Waals surface area contributed by atoms with Crippen molar-refractivity contribution in [3.63, 3.8) is 0 Å². The van der Waals surface area contributed by atoms with Gasteiger partial charge in [0.05, 0.1) is 4.90 Å². The van der Waals surface area contributed by atoms with E-state index in [1.807, 2.05) is 45.0 Å². The number of amides is 2. The van der Waals surface area contributed by atoms with Crippen LogP contribution < -0.4 is 5.32 Å².